The second-order valence-electron chi connectivity index (χ2n) is 6.59. The van der Waals surface area contributed by atoms with Crippen molar-refractivity contribution in [1.82, 2.24) is 15.2 Å². The molecule has 1 saturated heterocycles. The van der Waals surface area contributed by atoms with E-state index in [2.05, 4.69) is 27.3 Å². The first-order valence-corrected chi connectivity index (χ1v) is 8.90. The van der Waals surface area contributed by atoms with Crippen LogP contribution in [0.5, 0.6) is 0 Å². The number of alkyl halides is 2. The summed E-state index contributed by atoms with van der Waals surface area (Å²) in [6.07, 6.45) is 2.52. The van der Waals surface area contributed by atoms with E-state index in [0.717, 1.165) is 30.8 Å². The van der Waals surface area contributed by atoms with Crippen LogP contribution >= 0.6 is 0 Å². The molecule has 1 aromatic carbocycles. The SMILES string of the molecule is O=C(NCC(F)F)C1CCN(Cc2ccccc2-c2cccnc2)CC1. The Bertz CT molecular complexity index is 716. The van der Waals surface area contributed by atoms with Gasteiger partial charge in [0.2, 0.25) is 5.91 Å². The van der Waals surface area contributed by atoms with E-state index in [9.17, 15) is 13.6 Å². The molecule has 1 aliphatic rings. The molecule has 0 aliphatic carbocycles. The first kappa shape index (κ1) is 18.5. The molecule has 0 saturated carbocycles. The molecule has 0 unspecified atom stereocenters. The topological polar surface area (TPSA) is 45.2 Å². The maximum atomic E-state index is 12.2. The minimum absolute atomic E-state index is 0.168. The summed E-state index contributed by atoms with van der Waals surface area (Å²) in [5, 5.41) is 2.33. The van der Waals surface area contributed by atoms with Crippen molar-refractivity contribution < 1.29 is 13.6 Å². The van der Waals surface area contributed by atoms with E-state index in [-0.39, 0.29) is 11.8 Å². The molecular weight excluding hydrogens is 336 g/mol. The number of rotatable bonds is 6. The molecule has 0 atom stereocenters. The number of nitrogens with zero attached hydrogens (tertiary/aromatic N) is 2. The minimum atomic E-state index is -2.50. The Hall–Kier alpha value is -2.34. The molecule has 1 aromatic heterocycles. The first-order chi connectivity index (χ1) is 12.6. The van der Waals surface area contributed by atoms with Gasteiger partial charge in [0.15, 0.2) is 0 Å². The second-order valence-corrected chi connectivity index (χ2v) is 6.59. The Morgan fingerprint density at radius 2 is 1.96 bits per heavy atom. The first-order valence-electron chi connectivity index (χ1n) is 8.90. The van der Waals surface area contributed by atoms with Gasteiger partial charge in [-0.25, -0.2) is 8.78 Å². The normalized spacial score (nSPS) is 16.0. The van der Waals surface area contributed by atoms with Gasteiger partial charge in [0.1, 0.15) is 0 Å². The number of likely N-dealkylation sites (tertiary alicyclic amines) is 1. The lowest BCUT2D eigenvalue weighted by Gasteiger charge is -2.31. The summed E-state index contributed by atoms with van der Waals surface area (Å²) < 4.78 is 24.4. The van der Waals surface area contributed by atoms with Crippen LogP contribution in [0.25, 0.3) is 11.1 Å². The Morgan fingerprint density at radius 1 is 1.19 bits per heavy atom. The molecule has 4 nitrogen and oxygen atoms in total. The number of amides is 1. The molecule has 0 spiro atoms. The smallest absolute Gasteiger partial charge is 0.255 e. The van der Waals surface area contributed by atoms with E-state index in [0.29, 0.717) is 12.8 Å². The van der Waals surface area contributed by atoms with Gasteiger partial charge in [-0.15, -0.1) is 0 Å². The predicted molar refractivity (Wildman–Crippen MR) is 96.7 cm³/mol. The Balaban J connectivity index is 1.58. The predicted octanol–water partition coefficient (Wildman–Crippen LogP) is 3.34. The second kappa shape index (κ2) is 8.85. The number of piperidine rings is 1. The molecule has 26 heavy (non-hydrogen) atoms. The highest BCUT2D eigenvalue weighted by Crippen LogP contribution is 2.26. The van der Waals surface area contributed by atoms with Crippen LogP contribution in [0, 0.1) is 5.92 Å². The molecule has 1 fully saturated rings. The fourth-order valence-electron chi connectivity index (χ4n) is 3.38. The molecule has 0 bridgehead atoms. The highest BCUT2D eigenvalue weighted by atomic mass is 19.3. The van der Waals surface area contributed by atoms with Crippen molar-refractivity contribution in [2.75, 3.05) is 19.6 Å². The van der Waals surface area contributed by atoms with E-state index < -0.39 is 13.0 Å². The zero-order chi connectivity index (χ0) is 18.4. The lowest BCUT2D eigenvalue weighted by molar-refractivity contribution is -0.127. The van der Waals surface area contributed by atoms with E-state index >= 15 is 0 Å². The Morgan fingerprint density at radius 3 is 2.65 bits per heavy atom. The van der Waals surface area contributed by atoms with Crippen molar-refractivity contribution in [2.45, 2.75) is 25.8 Å². The molecule has 0 radical (unpaired) electrons. The Labute approximate surface area is 152 Å². The van der Waals surface area contributed by atoms with E-state index in [1.165, 1.54) is 5.56 Å². The number of benzene rings is 1. The number of halogens is 2. The van der Waals surface area contributed by atoms with Crippen LogP contribution in [0.1, 0.15) is 18.4 Å². The molecule has 2 heterocycles. The molecule has 6 heteroatoms. The van der Waals surface area contributed by atoms with Crippen LogP contribution < -0.4 is 5.32 Å². The maximum Gasteiger partial charge on any atom is 0.255 e. The van der Waals surface area contributed by atoms with Crippen molar-refractivity contribution in [3.05, 3.63) is 54.4 Å². The van der Waals surface area contributed by atoms with Crippen LogP contribution in [-0.4, -0.2) is 41.9 Å². The van der Waals surface area contributed by atoms with Gasteiger partial charge in [-0.1, -0.05) is 30.3 Å². The molecule has 1 N–H and O–H groups in total. The zero-order valence-corrected chi connectivity index (χ0v) is 14.6. The van der Waals surface area contributed by atoms with Crippen LogP contribution in [0.3, 0.4) is 0 Å². The average molecular weight is 359 g/mol. The van der Waals surface area contributed by atoms with Crippen LogP contribution in [-0.2, 0) is 11.3 Å². The van der Waals surface area contributed by atoms with Gasteiger partial charge >= 0.3 is 0 Å². The fraction of sp³-hybridized carbons (Fsp3) is 0.400. The average Bonchev–Trinajstić information content (AvgIpc) is 2.68. The van der Waals surface area contributed by atoms with Gasteiger partial charge in [0.05, 0.1) is 6.54 Å². The van der Waals surface area contributed by atoms with Crippen molar-refractivity contribution in [1.29, 1.82) is 0 Å². The molecule has 1 amide bonds. The monoisotopic (exact) mass is 359 g/mol. The third-order valence-electron chi connectivity index (χ3n) is 4.77. The van der Waals surface area contributed by atoms with E-state index in [1.807, 2.05) is 30.5 Å². The maximum absolute atomic E-state index is 12.2. The number of nitrogens with one attached hydrogen (secondary N) is 1. The van der Waals surface area contributed by atoms with Crippen molar-refractivity contribution in [3.8, 4) is 11.1 Å². The lowest BCUT2D eigenvalue weighted by Crippen LogP contribution is -2.41. The molecule has 138 valence electrons. The standard InChI is InChI=1S/C20H23F2N3O/c21-19(22)13-24-20(26)15-7-10-25(11-8-15)14-17-4-1-2-6-18(17)16-5-3-9-23-12-16/h1-6,9,12,15,19H,7-8,10-11,13-14H2,(H,24,26). The van der Waals surface area contributed by atoms with Crippen molar-refractivity contribution in [2.24, 2.45) is 5.92 Å². The lowest BCUT2D eigenvalue weighted by atomic mass is 9.94. The minimum Gasteiger partial charge on any atom is -0.350 e. The van der Waals surface area contributed by atoms with E-state index in [1.54, 1.807) is 6.20 Å². The number of carbonyl (C=O) groups excluding carboxylic acids is 1. The van der Waals surface area contributed by atoms with Gasteiger partial charge in [-0.2, -0.15) is 0 Å². The molecule has 3 rings (SSSR count). The molecule has 1 aliphatic heterocycles. The van der Waals surface area contributed by atoms with Crippen LogP contribution in [0.15, 0.2) is 48.8 Å². The van der Waals surface area contributed by atoms with Gasteiger partial charge < -0.3 is 5.32 Å². The summed E-state index contributed by atoms with van der Waals surface area (Å²) in [4.78, 5) is 18.4. The number of carbonyl (C=O) groups is 1. The van der Waals surface area contributed by atoms with E-state index in [4.69, 9.17) is 0 Å². The summed E-state index contributed by atoms with van der Waals surface area (Å²) in [7, 11) is 0. The third kappa shape index (κ3) is 4.85. The Kier molecular flexibility index (Phi) is 6.28. The largest absolute Gasteiger partial charge is 0.350 e. The molecular formula is C20H23F2N3O. The summed E-state index contributed by atoms with van der Waals surface area (Å²) in [5.41, 5.74) is 3.47. The number of hydrogen-bond donors (Lipinski definition) is 1. The van der Waals surface area contributed by atoms with Crippen LogP contribution in [0.2, 0.25) is 0 Å². The highest BCUT2D eigenvalue weighted by Gasteiger charge is 2.25. The third-order valence-corrected chi connectivity index (χ3v) is 4.77. The van der Waals surface area contributed by atoms with Gasteiger partial charge in [0.25, 0.3) is 6.43 Å². The van der Waals surface area contributed by atoms with Crippen LogP contribution in [0.4, 0.5) is 8.78 Å². The highest BCUT2D eigenvalue weighted by molar-refractivity contribution is 5.78. The summed E-state index contributed by atoms with van der Waals surface area (Å²) in [6, 6.07) is 12.2. The summed E-state index contributed by atoms with van der Waals surface area (Å²) >= 11 is 0. The quantitative estimate of drug-likeness (QED) is 0.860. The van der Waals surface area contributed by atoms with Crippen molar-refractivity contribution in [3.63, 3.8) is 0 Å². The summed E-state index contributed by atoms with van der Waals surface area (Å²) in [5.74, 6) is -0.417. The molecule has 2 aromatic rings. The van der Waals surface area contributed by atoms with Crippen molar-refractivity contribution >= 4 is 5.91 Å². The van der Waals surface area contributed by atoms with Gasteiger partial charge in [-0.05, 0) is 43.1 Å². The zero-order valence-electron chi connectivity index (χ0n) is 14.6. The fourth-order valence-corrected chi connectivity index (χ4v) is 3.38. The summed E-state index contributed by atoms with van der Waals surface area (Å²) in [6.45, 7) is 1.82. The van der Waals surface area contributed by atoms with Gasteiger partial charge in [0, 0.05) is 30.4 Å². The number of pyridine rings is 1. The number of hydrogen-bond acceptors (Lipinski definition) is 3. The number of aromatic nitrogens is 1. The van der Waals surface area contributed by atoms with Gasteiger partial charge in [-0.3, -0.25) is 14.7 Å².